The molecule has 0 saturated heterocycles. The summed E-state index contributed by atoms with van der Waals surface area (Å²) >= 11 is 4.95. The SMILES string of the molecule is CCc1ccsc1C(NN)c1cc(Br)ccc1F. The van der Waals surface area contributed by atoms with Crippen LogP contribution in [-0.2, 0) is 6.42 Å². The third-order valence-electron chi connectivity index (χ3n) is 2.86. The minimum absolute atomic E-state index is 0.253. The molecular formula is C13H14BrFN2S. The highest BCUT2D eigenvalue weighted by molar-refractivity contribution is 9.10. The standard InChI is InChI=1S/C13H14BrFN2S/c1-2-8-5-6-18-13(8)12(17-16)10-7-9(14)3-4-11(10)15/h3-7,12,17H,2,16H2,1H3. The highest BCUT2D eigenvalue weighted by Gasteiger charge is 2.20. The lowest BCUT2D eigenvalue weighted by Gasteiger charge is -2.17. The number of rotatable bonds is 4. The smallest absolute Gasteiger partial charge is 0.128 e. The van der Waals surface area contributed by atoms with Crippen LogP contribution in [0.4, 0.5) is 4.39 Å². The van der Waals surface area contributed by atoms with E-state index in [2.05, 4.69) is 34.3 Å². The van der Waals surface area contributed by atoms with Crippen molar-refractivity contribution >= 4 is 27.3 Å². The van der Waals surface area contributed by atoms with Gasteiger partial charge in [0.15, 0.2) is 0 Å². The van der Waals surface area contributed by atoms with Gasteiger partial charge in [0.05, 0.1) is 6.04 Å². The number of hydrogen-bond donors (Lipinski definition) is 2. The number of halogens is 2. The van der Waals surface area contributed by atoms with Crippen molar-refractivity contribution in [3.05, 3.63) is 55.9 Å². The first-order chi connectivity index (χ1) is 8.67. The van der Waals surface area contributed by atoms with E-state index >= 15 is 0 Å². The molecule has 0 radical (unpaired) electrons. The zero-order valence-corrected chi connectivity index (χ0v) is 12.3. The van der Waals surface area contributed by atoms with Crippen molar-refractivity contribution in [2.45, 2.75) is 19.4 Å². The normalized spacial score (nSPS) is 12.7. The van der Waals surface area contributed by atoms with E-state index < -0.39 is 0 Å². The van der Waals surface area contributed by atoms with E-state index in [0.29, 0.717) is 5.56 Å². The molecule has 0 spiro atoms. The van der Waals surface area contributed by atoms with Crippen LogP contribution in [0.5, 0.6) is 0 Å². The van der Waals surface area contributed by atoms with Crippen LogP contribution in [0.2, 0.25) is 0 Å². The van der Waals surface area contributed by atoms with Gasteiger partial charge in [-0.15, -0.1) is 11.3 Å². The molecule has 18 heavy (non-hydrogen) atoms. The highest BCUT2D eigenvalue weighted by atomic mass is 79.9. The molecule has 0 aliphatic carbocycles. The molecule has 2 nitrogen and oxygen atoms in total. The molecule has 0 fully saturated rings. The molecule has 2 aromatic rings. The predicted molar refractivity (Wildman–Crippen MR) is 77.0 cm³/mol. The number of hydrazine groups is 1. The lowest BCUT2D eigenvalue weighted by Crippen LogP contribution is -2.29. The van der Waals surface area contributed by atoms with Gasteiger partial charge in [0, 0.05) is 14.9 Å². The molecule has 1 aromatic heterocycles. The number of nitrogens with one attached hydrogen (secondary N) is 1. The van der Waals surface area contributed by atoms with Gasteiger partial charge < -0.3 is 0 Å². The Labute approximate surface area is 118 Å². The van der Waals surface area contributed by atoms with Crippen molar-refractivity contribution in [2.24, 2.45) is 5.84 Å². The molecule has 0 aliphatic heterocycles. The topological polar surface area (TPSA) is 38.0 Å². The van der Waals surface area contributed by atoms with Crippen LogP contribution in [0, 0.1) is 5.82 Å². The van der Waals surface area contributed by atoms with E-state index in [1.54, 1.807) is 23.5 Å². The fraction of sp³-hybridized carbons (Fsp3) is 0.231. The molecular weight excluding hydrogens is 315 g/mol. The molecule has 0 saturated carbocycles. The van der Waals surface area contributed by atoms with Crippen molar-refractivity contribution in [1.82, 2.24) is 5.43 Å². The Kier molecular flexibility index (Phi) is 4.50. The maximum Gasteiger partial charge on any atom is 0.128 e. The summed E-state index contributed by atoms with van der Waals surface area (Å²) in [6.07, 6.45) is 0.909. The fourth-order valence-electron chi connectivity index (χ4n) is 1.94. The lowest BCUT2D eigenvalue weighted by molar-refractivity contribution is 0.562. The second kappa shape index (κ2) is 5.93. The van der Waals surface area contributed by atoms with Gasteiger partial charge >= 0.3 is 0 Å². The Morgan fingerprint density at radius 3 is 2.89 bits per heavy atom. The van der Waals surface area contributed by atoms with E-state index in [1.165, 1.54) is 11.6 Å². The molecule has 1 aromatic carbocycles. The van der Waals surface area contributed by atoms with Crippen molar-refractivity contribution in [2.75, 3.05) is 0 Å². The van der Waals surface area contributed by atoms with E-state index in [-0.39, 0.29) is 11.9 Å². The van der Waals surface area contributed by atoms with Crippen LogP contribution in [0.3, 0.4) is 0 Å². The Balaban J connectivity index is 2.48. The van der Waals surface area contributed by atoms with Gasteiger partial charge in [-0.05, 0) is 41.6 Å². The van der Waals surface area contributed by atoms with E-state index in [4.69, 9.17) is 5.84 Å². The second-order valence-corrected chi connectivity index (χ2v) is 5.79. The Morgan fingerprint density at radius 1 is 1.44 bits per heavy atom. The van der Waals surface area contributed by atoms with E-state index in [9.17, 15) is 4.39 Å². The van der Waals surface area contributed by atoms with Gasteiger partial charge in [-0.25, -0.2) is 9.82 Å². The largest absolute Gasteiger partial charge is 0.271 e. The minimum Gasteiger partial charge on any atom is -0.271 e. The van der Waals surface area contributed by atoms with E-state index in [0.717, 1.165) is 15.8 Å². The summed E-state index contributed by atoms with van der Waals surface area (Å²) in [4.78, 5) is 1.07. The van der Waals surface area contributed by atoms with Crippen LogP contribution in [0.1, 0.15) is 29.0 Å². The molecule has 5 heteroatoms. The summed E-state index contributed by atoms with van der Waals surface area (Å²) in [6.45, 7) is 2.08. The average molecular weight is 329 g/mol. The molecule has 96 valence electrons. The van der Waals surface area contributed by atoms with Crippen LogP contribution < -0.4 is 11.3 Å². The number of benzene rings is 1. The molecule has 0 aliphatic rings. The minimum atomic E-state index is -0.308. The fourth-order valence-corrected chi connectivity index (χ4v) is 3.39. The molecule has 0 amide bonds. The first-order valence-corrected chi connectivity index (χ1v) is 7.32. The monoisotopic (exact) mass is 328 g/mol. The van der Waals surface area contributed by atoms with E-state index in [1.807, 2.05) is 5.38 Å². The first-order valence-electron chi connectivity index (χ1n) is 5.64. The summed E-state index contributed by atoms with van der Waals surface area (Å²) in [7, 11) is 0. The van der Waals surface area contributed by atoms with Gasteiger partial charge in [-0.2, -0.15) is 0 Å². The Hall–Kier alpha value is -0.750. The molecule has 1 unspecified atom stereocenters. The zero-order chi connectivity index (χ0) is 13.1. The van der Waals surface area contributed by atoms with Gasteiger partial charge in [-0.3, -0.25) is 5.84 Å². The third kappa shape index (κ3) is 2.64. The van der Waals surface area contributed by atoms with Crippen molar-refractivity contribution in [1.29, 1.82) is 0 Å². The second-order valence-electron chi connectivity index (χ2n) is 3.93. The maximum absolute atomic E-state index is 13.9. The van der Waals surface area contributed by atoms with Gasteiger partial charge in [0.1, 0.15) is 5.82 Å². The van der Waals surface area contributed by atoms with Crippen molar-refractivity contribution in [3.63, 3.8) is 0 Å². The summed E-state index contributed by atoms with van der Waals surface area (Å²) in [6, 6.07) is 6.64. The summed E-state index contributed by atoms with van der Waals surface area (Å²) < 4.78 is 14.8. The Morgan fingerprint density at radius 2 is 2.22 bits per heavy atom. The van der Waals surface area contributed by atoms with Crippen LogP contribution in [-0.4, -0.2) is 0 Å². The molecule has 1 heterocycles. The Bertz CT molecular complexity index is 542. The number of aryl methyl sites for hydroxylation is 1. The molecule has 0 bridgehead atoms. The maximum atomic E-state index is 13.9. The quantitative estimate of drug-likeness (QED) is 0.662. The van der Waals surface area contributed by atoms with Crippen LogP contribution in [0.25, 0.3) is 0 Å². The number of hydrogen-bond acceptors (Lipinski definition) is 3. The molecule has 3 N–H and O–H groups in total. The molecule has 1 atom stereocenters. The summed E-state index contributed by atoms with van der Waals surface area (Å²) in [5.41, 5.74) is 4.47. The number of thiophene rings is 1. The third-order valence-corrected chi connectivity index (χ3v) is 4.38. The highest BCUT2D eigenvalue weighted by Crippen LogP contribution is 2.32. The predicted octanol–water partition coefficient (Wildman–Crippen LogP) is 3.76. The summed E-state index contributed by atoms with van der Waals surface area (Å²) in [5.74, 6) is 5.36. The average Bonchev–Trinajstić information content (AvgIpc) is 2.83. The van der Waals surface area contributed by atoms with Crippen molar-refractivity contribution in [3.8, 4) is 0 Å². The summed E-state index contributed by atoms with van der Waals surface area (Å²) in [5, 5.41) is 2.01. The zero-order valence-electron chi connectivity index (χ0n) is 9.91. The first kappa shape index (κ1) is 13.7. The van der Waals surface area contributed by atoms with Crippen LogP contribution >= 0.6 is 27.3 Å². The van der Waals surface area contributed by atoms with Gasteiger partial charge in [0.2, 0.25) is 0 Å². The lowest BCUT2D eigenvalue weighted by atomic mass is 10.0. The van der Waals surface area contributed by atoms with Crippen LogP contribution in [0.15, 0.2) is 34.1 Å². The number of nitrogens with two attached hydrogens (primary N) is 1. The molecule has 2 rings (SSSR count). The van der Waals surface area contributed by atoms with Gasteiger partial charge in [-0.1, -0.05) is 22.9 Å². The van der Waals surface area contributed by atoms with Crippen molar-refractivity contribution < 1.29 is 4.39 Å². The van der Waals surface area contributed by atoms with Gasteiger partial charge in [0.25, 0.3) is 0 Å².